The van der Waals surface area contributed by atoms with Gasteiger partial charge in [0.25, 0.3) is 0 Å². The number of benzene rings is 1. The zero-order valence-corrected chi connectivity index (χ0v) is 19.2. The standard InChI is InChI=1S/C26H34O5/c1-5-23(27)30-21-15-17(29-7-3)14-16-8-9-18-19(25(16)21)12-13-26(4)20(18)10-11-22(26)31-24(28)6-2/h11,14-15,18-20H,5-10,12-13H2,1-4H3/t18-,19+,20+,26+/m1/s1. The van der Waals surface area contributed by atoms with Crippen molar-refractivity contribution in [2.75, 3.05) is 6.61 Å². The van der Waals surface area contributed by atoms with Crippen molar-refractivity contribution in [3.8, 4) is 11.5 Å². The fraction of sp³-hybridized carbons (Fsp3) is 0.615. The average Bonchev–Trinajstić information content (AvgIpc) is 3.09. The molecule has 0 bridgehead atoms. The first-order chi connectivity index (χ1) is 14.9. The van der Waals surface area contributed by atoms with E-state index in [4.69, 9.17) is 14.2 Å². The minimum absolute atomic E-state index is 0.0883. The van der Waals surface area contributed by atoms with Gasteiger partial charge in [-0.05, 0) is 74.5 Å². The molecule has 0 heterocycles. The van der Waals surface area contributed by atoms with Crippen LogP contribution in [0.3, 0.4) is 0 Å². The van der Waals surface area contributed by atoms with Crippen LogP contribution in [0.5, 0.6) is 11.5 Å². The minimum Gasteiger partial charge on any atom is -0.494 e. The van der Waals surface area contributed by atoms with E-state index in [0.717, 1.165) is 43.6 Å². The molecular formula is C26H34O5. The number of hydrogen-bond acceptors (Lipinski definition) is 5. The van der Waals surface area contributed by atoms with Crippen LogP contribution < -0.4 is 9.47 Å². The lowest BCUT2D eigenvalue weighted by atomic mass is 9.55. The maximum absolute atomic E-state index is 12.2. The summed E-state index contributed by atoms with van der Waals surface area (Å²) < 4.78 is 17.3. The first-order valence-electron chi connectivity index (χ1n) is 11.8. The van der Waals surface area contributed by atoms with Crippen molar-refractivity contribution in [3.63, 3.8) is 0 Å². The summed E-state index contributed by atoms with van der Waals surface area (Å²) in [4.78, 5) is 24.2. The Balaban J connectivity index is 1.66. The minimum atomic E-state index is -0.213. The molecule has 4 rings (SSSR count). The van der Waals surface area contributed by atoms with Gasteiger partial charge in [-0.25, -0.2) is 0 Å². The van der Waals surface area contributed by atoms with Gasteiger partial charge in [0.1, 0.15) is 17.3 Å². The van der Waals surface area contributed by atoms with Gasteiger partial charge < -0.3 is 14.2 Å². The van der Waals surface area contributed by atoms with E-state index in [1.165, 1.54) is 11.1 Å². The van der Waals surface area contributed by atoms with Crippen molar-refractivity contribution in [1.82, 2.24) is 0 Å². The quantitative estimate of drug-likeness (QED) is 0.431. The van der Waals surface area contributed by atoms with E-state index in [-0.39, 0.29) is 17.4 Å². The van der Waals surface area contributed by atoms with Crippen molar-refractivity contribution in [1.29, 1.82) is 0 Å². The fourth-order valence-corrected chi connectivity index (χ4v) is 6.07. The van der Waals surface area contributed by atoms with Crippen LogP contribution in [0, 0.1) is 17.3 Å². The Hall–Kier alpha value is -2.30. The molecule has 1 aromatic rings. The Kier molecular flexibility index (Phi) is 6.14. The maximum atomic E-state index is 12.2. The number of ether oxygens (including phenoxy) is 3. The summed E-state index contributed by atoms with van der Waals surface area (Å²) in [5.41, 5.74) is 2.36. The van der Waals surface area contributed by atoms with E-state index in [9.17, 15) is 9.59 Å². The zero-order chi connectivity index (χ0) is 22.2. The van der Waals surface area contributed by atoms with Crippen LogP contribution >= 0.6 is 0 Å². The highest BCUT2D eigenvalue weighted by Crippen LogP contribution is 2.62. The normalized spacial score (nSPS) is 28.6. The van der Waals surface area contributed by atoms with Crippen molar-refractivity contribution < 1.29 is 23.8 Å². The van der Waals surface area contributed by atoms with Gasteiger partial charge in [-0.3, -0.25) is 9.59 Å². The van der Waals surface area contributed by atoms with Gasteiger partial charge in [-0.2, -0.15) is 0 Å². The van der Waals surface area contributed by atoms with Gasteiger partial charge in [0.2, 0.25) is 0 Å². The molecule has 5 nitrogen and oxygen atoms in total. The third-order valence-electron chi connectivity index (χ3n) is 7.60. The lowest BCUT2D eigenvalue weighted by molar-refractivity contribution is -0.141. The molecule has 3 aliphatic rings. The number of aryl methyl sites for hydroxylation is 1. The SMILES string of the molecule is CCOc1cc2c(c(OC(=O)CC)c1)[C@H]1CC[C@]3(C)C(OC(=O)CC)=CC[C@H]3[C@@H]1CC2. The number of hydrogen-bond donors (Lipinski definition) is 0. The van der Waals surface area contributed by atoms with E-state index in [1.54, 1.807) is 0 Å². The second-order valence-electron chi connectivity index (χ2n) is 9.26. The van der Waals surface area contributed by atoms with Crippen LogP contribution in [0.1, 0.15) is 83.3 Å². The van der Waals surface area contributed by atoms with E-state index in [0.29, 0.717) is 43.0 Å². The molecule has 1 saturated carbocycles. The summed E-state index contributed by atoms with van der Waals surface area (Å²) in [6.07, 6.45) is 7.84. The number of rotatable bonds is 6. The molecule has 0 aromatic heterocycles. The molecule has 0 amide bonds. The number of fused-ring (bicyclic) bond motifs is 5. The predicted octanol–water partition coefficient (Wildman–Crippen LogP) is 5.70. The number of allylic oxidation sites excluding steroid dienone is 2. The molecular weight excluding hydrogens is 392 g/mol. The lowest BCUT2D eigenvalue weighted by Gasteiger charge is -2.49. The van der Waals surface area contributed by atoms with E-state index in [1.807, 2.05) is 26.8 Å². The molecule has 0 N–H and O–H groups in total. The molecule has 0 spiro atoms. The average molecular weight is 427 g/mol. The van der Waals surface area contributed by atoms with E-state index >= 15 is 0 Å². The molecule has 3 aliphatic carbocycles. The summed E-state index contributed by atoms with van der Waals surface area (Å²) >= 11 is 0. The summed E-state index contributed by atoms with van der Waals surface area (Å²) in [6.45, 7) is 8.46. The first kappa shape index (κ1) is 21.9. The van der Waals surface area contributed by atoms with Crippen LogP contribution in [0.2, 0.25) is 0 Å². The molecule has 0 aliphatic heterocycles. The summed E-state index contributed by atoms with van der Waals surface area (Å²) in [7, 11) is 0. The van der Waals surface area contributed by atoms with Crippen molar-refractivity contribution in [2.24, 2.45) is 17.3 Å². The van der Waals surface area contributed by atoms with Crippen LogP contribution in [-0.4, -0.2) is 18.5 Å². The molecule has 168 valence electrons. The van der Waals surface area contributed by atoms with Crippen molar-refractivity contribution in [3.05, 3.63) is 35.1 Å². The van der Waals surface area contributed by atoms with Crippen LogP contribution in [-0.2, 0) is 20.7 Å². The second-order valence-corrected chi connectivity index (χ2v) is 9.26. The lowest BCUT2D eigenvalue weighted by Crippen LogP contribution is -2.42. The molecule has 0 radical (unpaired) electrons. The highest BCUT2D eigenvalue weighted by molar-refractivity contribution is 5.73. The number of esters is 2. The predicted molar refractivity (Wildman–Crippen MR) is 118 cm³/mol. The Labute approximate surface area is 185 Å². The third kappa shape index (κ3) is 3.88. The Morgan fingerprint density at radius 1 is 1.06 bits per heavy atom. The largest absolute Gasteiger partial charge is 0.494 e. The van der Waals surface area contributed by atoms with Crippen molar-refractivity contribution >= 4 is 11.9 Å². The van der Waals surface area contributed by atoms with E-state index < -0.39 is 0 Å². The maximum Gasteiger partial charge on any atom is 0.310 e. The van der Waals surface area contributed by atoms with Crippen LogP contribution in [0.15, 0.2) is 24.0 Å². The van der Waals surface area contributed by atoms with Gasteiger partial charge in [0.05, 0.1) is 6.61 Å². The molecule has 1 aromatic carbocycles. The summed E-state index contributed by atoms with van der Waals surface area (Å²) in [5.74, 6) is 3.24. The molecule has 4 atom stereocenters. The van der Waals surface area contributed by atoms with Gasteiger partial charge in [-0.1, -0.05) is 20.8 Å². The monoisotopic (exact) mass is 426 g/mol. The Morgan fingerprint density at radius 2 is 1.81 bits per heavy atom. The number of carbonyl (C=O) groups is 2. The fourth-order valence-electron chi connectivity index (χ4n) is 6.07. The molecule has 1 fully saturated rings. The van der Waals surface area contributed by atoms with Gasteiger partial charge in [0.15, 0.2) is 0 Å². The van der Waals surface area contributed by atoms with E-state index in [2.05, 4.69) is 19.1 Å². The molecule has 0 saturated heterocycles. The van der Waals surface area contributed by atoms with Gasteiger partial charge in [0, 0.05) is 29.9 Å². The number of carbonyl (C=O) groups excluding carboxylic acids is 2. The van der Waals surface area contributed by atoms with Crippen LogP contribution in [0.25, 0.3) is 0 Å². The van der Waals surface area contributed by atoms with Crippen molar-refractivity contribution in [2.45, 2.75) is 78.6 Å². The smallest absolute Gasteiger partial charge is 0.310 e. The first-order valence-corrected chi connectivity index (χ1v) is 11.8. The summed E-state index contributed by atoms with van der Waals surface area (Å²) in [6, 6.07) is 4.03. The van der Waals surface area contributed by atoms with Gasteiger partial charge >= 0.3 is 11.9 Å². The highest BCUT2D eigenvalue weighted by Gasteiger charge is 2.53. The molecule has 0 unspecified atom stereocenters. The van der Waals surface area contributed by atoms with Gasteiger partial charge in [-0.15, -0.1) is 0 Å². The Bertz CT molecular complexity index is 901. The molecule has 5 heteroatoms. The molecule has 31 heavy (non-hydrogen) atoms. The Morgan fingerprint density at radius 3 is 2.52 bits per heavy atom. The third-order valence-corrected chi connectivity index (χ3v) is 7.60. The highest BCUT2D eigenvalue weighted by atomic mass is 16.5. The second kappa shape index (κ2) is 8.68. The topological polar surface area (TPSA) is 61.8 Å². The zero-order valence-electron chi connectivity index (χ0n) is 19.2. The van der Waals surface area contributed by atoms with Crippen LogP contribution in [0.4, 0.5) is 0 Å². The summed E-state index contributed by atoms with van der Waals surface area (Å²) in [5, 5.41) is 0.